The number of hydrogen-bond acceptors (Lipinski definition) is 7. The van der Waals surface area contributed by atoms with Gasteiger partial charge in [0.1, 0.15) is 11.6 Å². The Hall–Kier alpha value is -2.88. The highest BCUT2D eigenvalue weighted by Gasteiger charge is 2.05. The fourth-order valence-electron chi connectivity index (χ4n) is 2.12. The molecule has 140 valence electrons. The zero-order valence-corrected chi connectivity index (χ0v) is 14.8. The molecule has 10 heteroatoms. The van der Waals surface area contributed by atoms with E-state index in [1.165, 1.54) is 24.3 Å². The quantitative estimate of drug-likeness (QED) is 0.439. The summed E-state index contributed by atoms with van der Waals surface area (Å²) in [6, 6.07) is 12.2. The molecule has 1 heterocycles. The van der Waals surface area contributed by atoms with Crippen LogP contribution in [0.4, 0.5) is 20.7 Å². The molecule has 3 aromatic rings. The van der Waals surface area contributed by atoms with E-state index in [-0.39, 0.29) is 28.8 Å². The Bertz CT molecular complexity index is 806. The van der Waals surface area contributed by atoms with Gasteiger partial charge >= 0.3 is 0 Å². The summed E-state index contributed by atoms with van der Waals surface area (Å²) in [7, 11) is 0. The van der Waals surface area contributed by atoms with Crippen LogP contribution in [-0.2, 0) is 13.1 Å². The maximum Gasteiger partial charge on any atom is 0.243 e. The van der Waals surface area contributed by atoms with Crippen molar-refractivity contribution in [2.24, 2.45) is 0 Å². The second-order valence-corrected chi connectivity index (χ2v) is 5.80. The molecular weight excluding hydrogens is 376 g/mol. The topological polar surface area (TPSA) is 86.8 Å². The molecule has 3 rings (SSSR count). The summed E-state index contributed by atoms with van der Waals surface area (Å²) in [5.74, 6) is -0.161. The van der Waals surface area contributed by atoms with Crippen LogP contribution >= 0.6 is 11.6 Å². The first-order valence-electron chi connectivity index (χ1n) is 7.97. The maximum atomic E-state index is 12.9. The third kappa shape index (κ3) is 6.10. The molecule has 0 aliphatic rings. The molecule has 1 aromatic heterocycles. The van der Waals surface area contributed by atoms with Gasteiger partial charge in [-0.25, -0.2) is 19.6 Å². The number of hydrazine groups is 2. The summed E-state index contributed by atoms with van der Waals surface area (Å²) >= 11 is 5.90. The molecule has 0 saturated heterocycles. The monoisotopic (exact) mass is 391 g/mol. The van der Waals surface area contributed by atoms with E-state index in [2.05, 4.69) is 36.7 Å². The third-order valence-electron chi connectivity index (χ3n) is 3.42. The summed E-state index contributed by atoms with van der Waals surface area (Å²) in [6.07, 6.45) is 0. The van der Waals surface area contributed by atoms with Gasteiger partial charge in [-0.15, -0.1) is 0 Å². The van der Waals surface area contributed by atoms with Crippen molar-refractivity contribution in [3.05, 3.63) is 76.6 Å². The Balaban J connectivity index is 1.50. The number of anilines is 2. The van der Waals surface area contributed by atoms with E-state index >= 15 is 0 Å². The Morgan fingerprint density at radius 2 is 1.07 bits per heavy atom. The number of halogens is 3. The highest BCUT2D eigenvalue weighted by atomic mass is 35.5. The van der Waals surface area contributed by atoms with Crippen LogP contribution in [0.3, 0.4) is 0 Å². The van der Waals surface area contributed by atoms with Crippen molar-refractivity contribution in [1.82, 2.24) is 25.8 Å². The predicted molar refractivity (Wildman–Crippen MR) is 98.6 cm³/mol. The fourth-order valence-corrected chi connectivity index (χ4v) is 2.28. The minimum atomic E-state index is -0.292. The molecule has 0 saturated carbocycles. The van der Waals surface area contributed by atoms with E-state index in [1.807, 2.05) is 0 Å². The van der Waals surface area contributed by atoms with E-state index in [0.29, 0.717) is 13.1 Å². The summed E-state index contributed by atoms with van der Waals surface area (Å²) in [5, 5.41) is 0.00200. The standard InChI is InChI=1S/C17H16ClF2N7/c18-15-23-16(26-21-9-11-1-5-13(19)6-2-11)25-17(24-15)27-22-10-12-3-7-14(20)8-4-12/h1-8,21-22H,9-10H2,(H2,23,24,25,26,27). The van der Waals surface area contributed by atoms with E-state index in [4.69, 9.17) is 11.6 Å². The first-order valence-corrected chi connectivity index (χ1v) is 8.34. The number of hydrogen-bond donors (Lipinski definition) is 4. The number of nitrogens with zero attached hydrogens (tertiary/aromatic N) is 3. The van der Waals surface area contributed by atoms with E-state index in [0.717, 1.165) is 11.1 Å². The molecule has 0 amide bonds. The Labute approximate surface area is 159 Å². The van der Waals surface area contributed by atoms with Crippen LogP contribution in [0.25, 0.3) is 0 Å². The molecular formula is C17H16ClF2N7. The van der Waals surface area contributed by atoms with Gasteiger partial charge in [-0.3, -0.25) is 10.9 Å². The van der Waals surface area contributed by atoms with Crippen molar-refractivity contribution in [1.29, 1.82) is 0 Å². The first kappa shape index (κ1) is 18.9. The van der Waals surface area contributed by atoms with Gasteiger partial charge in [-0.2, -0.15) is 15.0 Å². The summed E-state index contributed by atoms with van der Waals surface area (Å²) < 4.78 is 25.8. The number of rotatable bonds is 8. The molecule has 0 atom stereocenters. The van der Waals surface area contributed by atoms with Gasteiger partial charge in [0.2, 0.25) is 17.2 Å². The molecule has 0 fully saturated rings. The molecule has 4 N–H and O–H groups in total. The van der Waals surface area contributed by atoms with Gasteiger partial charge in [-0.05, 0) is 47.0 Å². The van der Waals surface area contributed by atoms with Crippen LogP contribution in [0, 0.1) is 11.6 Å². The molecule has 0 aliphatic heterocycles. The van der Waals surface area contributed by atoms with Gasteiger partial charge in [0.25, 0.3) is 0 Å². The largest absolute Gasteiger partial charge is 0.289 e. The number of aromatic nitrogens is 3. The summed E-state index contributed by atoms with van der Waals surface area (Å²) in [6.45, 7) is 0.852. The van der Waals surface area contributed by atoms with Gasteiger partial charge in [0, 0.05) is 13.1 Å². The molecule has 0 unspecified atom stereocenters. The molecule has 0 aliphatic carbocycles. The van der Waals surface area contributed by atoms with Crippen LogP contribution in [0.2, 0.25) is 5.28 Å². The smallest absolute Gasteiger partial charge is 0.243 e. The van der Waals surface area contributed by atoms with E-state index < -0.39 is 0 Å². The number of nitrogens with one attached hydrogen (secondary N) is 4. The minimum Gasteiger partial charge on any atom is -0.289 e. The second-order valence-electron chi connectivity index (χ2n) is 5.46. The van der Waals surface area contributed by atoms with E-state index in [1.54, 1.807) is 24.3 Å². The van der Waals surface area contributed by atoms with Crippen LogP contribution < -0.4 is 21.7 Å². The molecule has 0 spiro atoms. The predicted octanol–water partition coefficient (Wildman–Crippen LogP) is 3.04. The lowest BCUT2D eigenvalue weighted by Crippen LogP contribution is -2.25. The van der Waals surface area contributed by atoms with Crippen LogP contribution in [-0.4, -0.2) is 15.0 Å². The molecule has 27 heavy (non-hydrogen) atoms. The lowest BCUT2D eigenvalue weighted by Gasteiger charge is -2.10. The van der Waals surface area contributed by atoms with Crippen molar-refractivity contribution in [3.8, 4) is 0 Å². The highest BCUT2D eigenvalue weighted by Crippen LogP contribution is 2.09. The van der Waals surface area contributed by atoms with Crippen molar-refractivity contribution < 1.29 is 8.78 Å². The van der Waals surface area contributed by atoms with Crippen molar-refractivity contribution in [2.45, 2.75) is 13.1 Å². The number of benzene rings is 2. The molecule has 0 radical (unpaired) electrons. The first-order chi connectivity index (χ1) is 13.1. The lowest BCUT2D eigenvalue weighted by molar-refractivity contribution is 0.626. The van der Waals surface area contributed by atoms with E-state index in [9.17, 15) is 8.78 Å². The summed E-state index contributed by atoms with van der Waals surface area (Å²) in [5.41, 5.74) is 13.2. The van der Waals surface area contributed by atoms with Crippen molar-refractivity contribution >= 4 is 23.5 Å². The third-order valence-corrected chi connectivity index (χ3v) is 3.59. The Morgan fingerprint density at radius 1 is 0.667 bits per heavy atom. The normalized spacial score (nSPS) is 10.6. The average Bonchev–Trinajstić information content (AvgIpc) is 2.65. The van der Waals surface area contributed by atoms with Gasteiger partial charge in [0.05, 0.1) is 0 Å². The van der Waals surface area contributed by atoms with Crippen LogP contribution in [0.5, 0.6) is 0 Å². The minimum absolute atomic E-state index is 0.00200. The Kier molecular flexibility index (Phi) is 6.42. The fraction of sp³-hybridized carbons (Fsp3) is 0.118. The average molecular weight is 392 g/mol. The summed E-state index contributed by atoms with van der Waals surface area (Å²) in [4.78, 5) is 12.1. The zero-order valence-electron chi connectivity index (χ0n) is 14.0. The molecule has 2 aromatic carbocycles. The highest BCUT2D eigenvalue weighted by molar-refractivity contribution is 6.28. The van der Waals surface area contributed by atoms with Crippen molar-refractivity contribution in [3.63, 3.8) is 0 Å². The second kappa shape index (κ2) is 9.17. The molecule has 7 nitrogen and oxygen atoms in total. The molecule has 0 bridgehead atoms. The van der Waals surface area contributed by atoms with Gasteiger partial charge < -0.3 is 0 Å². The van der Waals surface area contributed by atoms with Crippen LogP contribution in [0.1, 0.15) is 11.1 Å². The lowest BCUT2D eigenvalue weighted by atomic mass is 10.2. The SMILES string of the molecule is Fc1ccc(CNNc2nc(Cl)nc(NNCc3ccc(F)cc3)n2)cc1. The van der Waals surface area contributed by atoms with Crippen molar-refractivity contribution in [2.75, 3.05) is 10.9 Å². The van der Waals surface area contributed by atoms with Crippen LogP contribution in [0.15, 0.2) is 48.5 Å². The maximum absolute atomic E-state index is 12.9. The van der Waals surface area contributed by atoms with Gasteiger partial charge in [-0.1, -0.05) is 24.3 Å². The Morgan fingerprint density at radius 3 is 1.48 bits per heavy atom. The zero-order chi connectivity index (χ0) is 19.1. The van der Waals surface area contributed by atoms with Gasteiger partial charge in [0.15, 0.2) is 0 Å².